The van der Waals surface area contributed by atoms with Crippen molar-refractivity contribution in [2.75, 3.05) is 12.3 Å². The third-order valence-corrected chi connectivity index (χ3v) is 8.47. The van der Waals surface area contributed by atoms with Crippen LogP contribution in [0.3, 0.4) is 0 Å². The van der Waals surface area contributed by atoms with Crippen LogP contribution in [-0.4, -0.2) is 54.4 Å². The molecule has 30 heavy (non-hydrogen) atoms. The van der Waals surface area contributed by atoms with Gasteiger partial charge in [-0.1, -0.05) is 6.92 Å². The Kier molecular flexibility index (Phi) is 3.77. The molecule has 0 aromatic heterocycles. The molecular weight excluding hydrogens is 410 g/mol. The van der Waals surface area contributed by atoms with Crippen LogP contribution < -0.4 is 5.32 Å². The fourth-order valence-corrected chi connectivity index (χ4v) is 6.50. The number of benzene rings is 1. The molecule has 1 aliphatic heterocycles. The molecule has 9 heteroatoms. The maximum Gasteiger partial charge on any atom is 0.227 e. The third kappa shape index (κ3) is 2.30. The molecule has 1 fully saturated rings. The van der Waals surface area contributed by atoms with Crippen LogP contribution in [0.2, 0.25) is 0 Å². The van der Waals surface area contributed by atoms with Crippen molar-refractivity contribution >= 4 is 27.2 Å². The average molecular weight is 429 g/mol. The minimum Gasteiger partial charge on any atom is -0.504 e. The number of aliphatic hydroxyl groups excluding tert-OH is 2. The zero-order valence-electron chi connectivity index (χ0n) is 16.1. The molecule has 4 aliphatic rings. The zero-order chi connectivity index (χ0) is 21.6. The Balaban J connectivity index is 1.76. The van der Waals surface area contributed by atoms with E-state index in [0.717, 1.165) is 0 Å². The molecule has 0 bridgehead atoms. The lowest BCUT2D eigenvalue weighted by Crippen LogP contribution is -2.43. The van der Waals surface area contributed by atoms with E-state index in [2.05, 4.69) is 5.32 Å². The second-order valence-corrected chi connectivity index (χ2v) is 10.5. The predicted octanol–water partition coefficient (Wildman–Crippen LogP) is 1.11. The second-order valence-electron chi connectivity index (χ2n) is 8.44. The largest absolute Gasteiger partial charge is 0.504 e. The van der Waals surface area contributed by atoms with Crippen molar-refractivity contribution in [1.82, 2.24) is 5.32 Å². The molecule has 8 nitrogen and oxygen atoms in total. The van der Waals surface area contributed by atoms with Crippen LogP contribution in [0.25, 0.3) is 0 Å². The minimum absolute atomic E-state index is 0.0370. The van der Waals surface area contributed by atoms with Crippen LogP contribution in [0.1, 0.15) is 62.8 Å². The van der Waals surface area contributed by atoms with Crippen molar-refractivity contribution in [1.29, 1.82) is 0 Å². The van der Waals surface area contributed by atoms with Gasteiger partial charge in [0.05, 0.1) is 11.9 Å². The monoisotopic (exact) mass is 429 g/mol. The molecule has 0 radical (unpaired) electrons. The molecule has 1 aromatic carbocycles. The number of aliphatic hydroxyl groups is 2. The van der Waals surface area contributed by atoms with E-state index < -0.39 is 49.4 Å². The van der Waals surface area contributed by atoms with Gasteiger partial charge < -0.3 is 15.5 Å². The third-order valence-electron chi connectivity index (χ3n) is 6.71. The van der Waals surface area contributed by atoms with Gasteiger partial charge in [0, 0.05) is 28.7 Å². The van der Waals surface area contributed by atoms with E-state index in [9.17, 15) is 33.0 Å². The number of Topliss-reactive ketones (excluding diaryl/α,β-unsaturated/α-hetero) is 3. The Morgan fingerprint density at radius 3 is 2.50 bits per heavy atom. The number of carbonyl (C=O) groups is 3. The molecule has 1 heterocycles. The smallest absolute Gasteiger partial charge is 0.227 e. The van der Waals surface area contributed by atoms with E-state index in [1.807, 2.05) is 6.92 Å². The normalized spacial score (nSPS) is 29.7. The van der Waals surface area contributed by atoms with Gasteiger partial charge >= 0.3 is 0 Å². The summed E-state index contributed by atoms with van der Waals surface area (Å²) in [5, 5.41) is 23.3. The van der Waals surface area contributed by atoms with Gasteiger partial charge in [0.25, 0.3) is 0 Å². The highest BCUT2D eigenvalue weighted by atomic mass is 32.2. The summed E-state index contributed by atoms with van der Waals surface area (Å²) in [5.41, 5.74) is -0.0758. The number of allylic oxidation sites excluding steroid dienone is 3. The number of hydrogen-bond donors (Lipinski definition) is 3. The Hall–Kier alpha value is -2.78. The predicted molar refractivity (Wildman–Crippen MR) is 105 cm³/mol. The average Bonchev–Trinajstić information content (AvgIpc) is 2.70. The Morgan fingerprint density at radius 1 is 1.07 bits per heavy atom. The molecule has 2 atom stereocenters. The maximum atomic E-state index is 13.1. The van der Waals surface area contributed by atoms with Gasteiger partial charge in [-0.2, -0.15) is 0 Å². The van der Waals surface area contributed by atoms with Gasteiger partial charge in [-0.3, -0.25) is 14.4 Å². The molecule has 5 rings (SSSR count). The van der Waals surface area contributed by atoms with Crippen molar-refractivity contribution < 1.29 is 33.0 Å². The van der Waals surface area contributed by atoms with Crippen LogP contribution in [0, 0.1) is 0 Å². The molecule has 156 valence electrons. The molecule has 1 saturated carbocycles. The lowest BCUT2D eigenvalue weighted by atomic mass is 9.61. The molecular formula is C21H19NO7S. The maximum absolute atomic E-state index is 13.1. The Morgan fingerprint density at radius 2 is 1.77 bits per heavy atom. The summed E-state index contributed by atoms with van der Waals surface area (Å²) >= 11 is 0. The number of rotatable bonds is 0. The fraction of sp³-hybridized carbons (Fsp3) is 0.381. The minimum atomic E-state index is -3.92. The summed E-state index contributed by atoms with van der Waals surface area (Å²) < 4.78 is 24.9. The standard InChI is InChI=1S/C21H19NO7S/c1-21-3-2-9(23)6-14(21)19(27)17(25)12-7-10-11(8-13(12)21)16(24)15-20(18(10)26)30(28,29)5-4-22-15/h7-9,22-23,27H,2-6H2,1H3. The summed E-state index contributed by atoms with van der Waals surface area (Å²) in [6.07, 6.45) is 0.386. The van der Waals surface area contributed by atoms with Gasteiger partial charge in [0.15, 0.2) is 15.6 Å². The summed E-state index contributed by atoms with van der Waals surface area (Å²) in [5.74, 6) is -2.86. The van der Waals surface area contributed by atoms with Crippen LogP contribution in [0.4, 0.5) is 0 Å². The highest BCUT2D eigenvalue weighted by Crippen LogP contribution is 2.50. The number of sulfone groups is 1. The number of nitrogens with one attached hydrogen (secondary N) is 1. The van der Waals surface area contributed by atoms with Gasteiger partial charge in [-0.15, -0.1) is 0 Å². The summed E-state index contributed by atoms with van der Waals surface area (Å²) in [6.45, 7) is 1.88. The van der Waals surface area contributed by atoms with Crippen molar-refractivity contribution in [2.45, 2.75) is 37.7 Å². The molecule has 3 aliphatic carbocycles. The van der Waals surface area contributed by atoms with Crippen molar-refractivity contribution in [3.8, 4) is 0 Å². The number of hydrogen-bond acceptors (Lipinski definition) is 8. The van der Waals surface area contributed by atoms with Crippen LogP contribution in [-0.2, 0) is 15.3 Å². The van der Waals surface area contributed by atoms with E-state index in [0.29, 0.717) is 24.0 Å². The first-order valence-corrected chi connectivity index (χ1v) is 11.4. The summed E-state index contributed by atoms with van der Waals surface area (Å²) in [4.78, 5) is 38.5. The lowest BCUT2D eigenvalue weighted by Gasteiger charge is -2.43. The fourth-order valence-electron chi connectivity index (χ4n) is 5.05. The summed E-state index contributed by atoms with van der Waals surface area (Å²) in [7, 11) is -3.92. The van der Waals surface area contributed by atoms with E-state index in [4.69, 9.17) is 0 Å². The zero-order valence-corrected chi connectivity index (χ0v) is 16.9. The van der Waals surface area contributed by atoms with Crippen LogP contribution in [0.15, 0.2) is 34.1 Å². The Labute approximate surface area is 172 Å². The van der Waals surface area contributed by atoms with Crippen LogP contribution in [0.5, 0.6) is 0 Å². The van der Waals surface area contributed by atoms with Crippen molar-refractivity contribution in [3.05, 3.63) is 56.3 Å². The first kappa shape index (κ1) is 19.2. The highest BCUT2D eigenvalue weighted by molar-refractivity contribution is 7.96. The van der Waals surface area contributed by atoms with Crippen molar-refractivity contribution in [2.24, 2.45) is 0 Å². The second kappa shape index (κ2) is 5.89. The molecule has 1 aromatic rings. The Bertz CT molecular complexity index is 1250. The van der Waals surface area contributed by atoms with Crippen LogP contribution >= 0.6 is 0 Å². The number of fused-ring (bicyclic) bond motifs is 4. The first-order valence-electron chi connectivity index (χ1n) is 9.70. The lowest BCUT2D eigenvalue weighted by molar-refractivity contribution is 0.0923. The molecule has 3 N–H and O–H groups in total. The number of carbonyl (C=O) groups excluding carboxylic acids is 3. The van der Waals surface area contributed by atoms with E-state index >= 15 is 0 Å². The molecule has 0 amide bonds. The topological polar surface area (TPSA) is 138 Å². The van der Waals surface area contributed by atoms with Gasteiger partial charge in [-0.25, -0.2) is 8.42 Å². The molecule has 2 unspecified atom stereocenters. The van der Waals surface area contributed by atoms with Crippen molar-refractivity contribution in [3.63, 3.8) is 0 Å². The molecule has 0 saturated heterocycles. The highest BCUT2D eigenvalue weighted by Gasteiger charge is 2.48. The van der Waals surface area contributed by atoms with E-state index in [1.165, 1.54) is 12.1 Å². The van der Waals surface area contributed by atoms with Gasteiger partial charge in [-0.05, 0) is 42.5 Å². The SMILES string of the molecule is CC12CCC(O)CC1=C(O)C(=O)c1cc3c(cc12)C(=O)C1=C(C3=O)S(=O)(=O)CCN1. The quantitative estimate of drug-likeness (QED) is 0.558. The van der Waals surface area contributed by atoms with Gasteiger partial charge in [0.1, 0.15) is 10.6 Å². The number of ketones is 3. The van der Waals surface area contributed by atoms with Gasteiger partial charge in [0.2, 0.25) is 17.3 Å². The first-order chi connectivity index (χ1) is 14.1. The summed E-state index contributed by atoms with van der Waals surface area (Å²) in [6, 6.07) is 2.73. The van der Waals surface area contributed by atoms with E-state index in [1.54, 1.807) is 0 Å². The van der Waals surface area contributed by atoms with E-state index in [-0.39, 0.29) is 41.1 Å². The molecule has 0 spiro atoms.